The number of hydrogen-bond acceptors (Lipinski definition) is 3. The highest BCUT2D eigenvalue weighted by atomic mass is 79.9. The van der Waals surface area contributed by atoms with E-state index in [0.717, 1.165) is 20.8 Å². The van der Waals surface area contributed by atoms with E-state index in [9.17, 15) is 0 Å². The summed E-state index contributed by atoms with van der Waals surface area (Å²) in [4.78, 5) is 8.31. The first kappa shape index (κ1) is 11.9. The van der Waals surface area contributed by atoms with Crippen molar-refractivity contribution in [1.29, 1.82) is 0 Å². The Labute approximate surface area is 112 Å². The van der Waals surface area contributed by atoms with Gasteiger partial charge in [-0.2, -0.15) is 0 Å². The summed E-state index contributed by atoms with van der Waals surface area (Å²) in [6.07, 6.45) is 3.57. The Morgan fingerprint density at radius 3 is 2.81 bits per heavy atom. The van der Waals surface area contributed by atoms with Crippen molar-refractivity contribution >= 4 is 39.3 Å². The van der Waals surface area contributed by atoms with E-state index in [4.69, 9.17) is 11.6 Å². The molecular weight excluding hydrogens is 308 g/mol. The summed E-state index contributed by atoms with van der Waals surface area (Å²) in [5.41, 5.74) is 1.13. The van der Waals surface area contributed by atoms with Gasteiger partial charge in [0.2, 0.25) is 0 Å². The van der Waals surface area contributed by atoms with E-state index in [1.165, 1.54) is 0 Å². The molecule has 2 aromatic heterocycles. The number of nitrogens with zero attached hydrogens (tertiary/aromatic N) is 2. The minimum atomic E-state index is 0.521. The lowest BCUT2D eigenvalue weighted by Crippen LogP contribution is -1.85. The molecule has 0 spiro atoms. The molecule has 0 atom stereocenters. The predicted molar refractivity (Wildman–Crippen MR) is 70.7 cm³/mol. The van der Waals surface area contributed by atoms with Gasteiger partial charge in [0.05, 0.1) is 0 Å². The molecule has 0 aliphatic carbocycles. The van der Waals surface area contributed by atoms with E-state index in [2.05, 4.69) is 25.9 Å². The van der Waals surface area contributed by atoms with Crippen molar-refractivity contribution in [3.8, 4) is 0 Å². The molecule has 0 saturated carbocycles. The normalized spacial score (nSPS) is 10.4. The molecule has 2 nitrogen and oxygen atoms in total. The molecule has 2 aromatic rings. The van der Waals surface area contributed by atoms with Crippen molar-refractivity contribution in [2.45, 2.75) is 10.8 Å². The largest absolute Gasteiger partial charge is 0.249 e. The predicted octanol–water partition coefficient (Wildman–Crippen LogP) is 4.18. The van der Waals surface area contributed by atoms with Gasteiger partial charge >= 0.3 is 0 Å². The summed E-state index contributed by atoms with van der Waals surface area (Å²) in [5, 5.41) is 1.50. The summed E-state index contributed by atoms with van der Waals surface area (Å²) < 4.78 is 1.02. The van der Waals surface area contributed by atoms with Crippen LogP contribution < -0.4 is 0 Å². The van der Waals surface area contributed by atoms with Crippen molar-refractivity contribution in [2.75, 3.05) is 0 Å². The first-order chi connectivity index (χ1) is 7.75. The fourth-order valence-corrected chi connectivity index (χ4v) is 2.65. The van der Waals surface area contributed by atoms with E-state index in [-0.39, 0.29) is 0 Å². The second kappa shape index (κ2) is 5.66. The standard InChI is InChI=1S/C11H8BrClN2S/c12-9-2-1-5-14-11(9)16-7-8-3-4-10(13)15-6-8/h1-6H,7H2. The van der Waals surface area contributed by atoms with Crippen LogP contribution in [0.25, 0.3) is 0 Å². The van der Waals surface area contributed by atoms with Crippen molar-refractivity contribution in [3.05, 3.63) is 51.8 Å². The molecule has 0 bridgehead atoms. The van der Waals surface area contributed by atoms with Crippen LogP contribution >= 0.6 is 39.3 Å². The Morgan fingerprint density at radius 1 is 1.25 bits per heavy atom. The lowest BCUT2D eigenvalue weighted by atomic mass is 10.3. The second-order valence-electron chi connectivity index (χ2n) is 3.07. The zero-order chi connectivity index (χ0) is 11.4. The average Bonchev–Trinajstić information content (AvgIpc) is 2.30. The van der Waals surface area contributed by atoms with Gasteiger partial charge in [-0.1, -0.05) is 17.7 Å². The van der Waals surface area contributed by atoms with Gasteiger partial charge in [0.1, 0.15) is 10.2 Å². The minimum absolute atomic E-state index is 0.521. The Bertz CT molecular complexity index is 476. The fraction of sp³-hybridized carbons (Fsp3) is 0.0909. The Kier molecular flexibility index (Phi) is 4.21. The summed E-state index contributed by atoms with van der Waals surface area (Å²) >= 11 is 10.8. The van der Waals surface area contributed by atoms with Gasteiger partial charge in [0, 0.05) is 22.6 Å². The molecule has 2 rings (SSSR count). The molecule has 0 radical (unpaired) electrons. The lowest BCUT2D eigenvalue weighted by Gasteiger charge is -2.02. The first-order valence-corrected chi connectivity index (χ1v) is 6.75. The molecule has 0 unspecified atom stereocenters. The molecule has 0 saturated heterocycles. The third-order valence-electron chi connectivity index (χ3n) is 1.89. The first-order valence-electron chi connectivity index (χ1n) is 4.59. The van der Waals surface area contributed by atoms with Crippen molar-refractivity contribution in [1.82, 2.24) is 9.97 Å². The molecule has 0 amide bonds. The Morgan fingerprint density at radius 2 is 2.12 bits per heavy atom. The van der Waals surface area contributed by atoms with Crippen molar-refractivity contribution in [2.24, 2.45) is 0 Å². The second-order valence-corrected chi connectivity index (χ2v) is 5.27. The molecule has 5 heteroatoms. The van der Waals surface area contributed by atoms with Gasteiger partial charge in [-0.25, -0.2) is 9.97 Å². The molecule has 82 valence electrons. The van der Waals surface area contributed by atoms with E-state index in [1.54, 1.807) is 30.2 Å². The number of thioether (sulfide) groups is 1. The third-order valence-corrected chi connectivity index (χ3v) is 4.09. The van der Waals surface area contributed by atoms with Crippen LogP contribution in [0.1, 0.15) is 5.56 Å². The van der Waals surface area contributed by atoms with Gasteiger partial charge in [-0.3, -0.25) is 0 Å². The minimum Gasteiger partial charge on any atom is -0.249 e. The highest BCUT2D eigenvalue weighted by Gasteiger charge is 2.02. The van der Waals surface area contributed by atoms with Gasteiger partial charge in [-0.05, 0) is 39.7 Å². The zero-order valence-electron chi connectivity index (χ0n) is 8.23. The third kappa shape index (κ3) is 3.20. The van der Waals surface area contributed by atoms with Gasteiger partial charge in [-0.15, -0.1) is 11.8 Å². The average molecular weight is 316 g/mol. The van der Waals surface area contributed by atoms with Gasteiger partial charge in [0.15, 0.2) is 0 Å². The van der Waals surface area contributed by atoms with Crippen LogP contribution in [0.3, 0.4) is 0 Å². The van der Waals surface area contributed by atoms with Gasteiger partial charge < -0.3 is 0 Å². The molecule has 0 aliphatic rings. The lowest BCUT2D eigenvalue weighted by molar-refractivity contribution is 1.11. The van der Waals surface area contributed by atoms with E-state index >= 15 is 0 Å². The van der Waals surface area contributed by atoms with Crippen LogP contribution in [-0.2, 0) is 5.75 Å². The van der Waals surface area contributed by atoms with Crippen molar-refractivity contribution < 1.29 is 0 Å². The molecule has 0 N–H and O–H groups in total. The fourth-order valence-electron chi connectivity index (χ4n) is 1.12. The molecule has 16 heavy (non-hydrogen) atoms. The summed E-state index contributed by atoms with van der Waals surface area (Å²) in [6.45, 7) is 0. The van der Waals surface area contributed by atoms with E-state index in [0.29, 0.717) is 5.15 Å². The highest BCUT2D eigenvalue weighted by molar-refractivity contribution is 9.10. The van der Waals surface area contributed by atoms with Crippen LogP contribution in [0, 0.1) is 0 Å². The molecular formula is C11H8BrClN2S. The number of pyridine rings is 2. The quantitative estimate of drug-likeness (QED) is 0.627. The maximum absolute atomic E-state index is 5.72. The molecule has 2 heterocycles. The monoisotopic (exact) mass is 314 g/mol. The van der Waals surface area contributed by atoms with Crippen LogP contribution in [-0.4, -0.2) is 9.97 Å². The number of halogens is 2. The van der Waals surface area contributed by atoms with E-state index in [1.807, 2.05) is 18.2 Å². The van der Waals surface area contributed by atoms with Crippen LogP contribution in [0.4, 0.5) is 0 Å². The molecule has 0 fully saturated rings. The summed E-state index contributed by atoms with van der Waals surface area (Å²) in [6, 6.07) is 7.65. The van der Waals surface area contributed by atoms with Crippen LogP contribution in [0.5, 0.6) is 0 Å². The zero-order valence-corrected chi connectivity index (χ0v) is 11.4. The topological polar surface area (TPSA) is 25.8 Å². The molecule has 0 aliphatic heterocycles. The Hall–Kier alpha value is -0.580. The smallest absolute Gasteiger partial charge is 0.129 e. The highest BCUT2D eigenvalue weighted by Crippen LogP contribution is 2.27. The van der Waals surface area contributed by atoms with Crippen LogP contribution in [0.15, 0.2) is 46.2 Å². The number of rotatable bonds is 3. The van der Waals surface area contributed by atoms with Gasteiger partial charge in [0.25, 0.3) is 0 Å². The maximum atomic E-state index is 5.72. The number of hydrogen-bond donors (Lipinski definition) is 0. The van der Waals surface area contributed by atoms with Crippen molar-refractivity contribution in [3.63, 3.8) is 0 Å². The summed E-state index contributed by atoms with van der Waals surface area (Å²) in [5.74, 6) is 0.833. The summed E-state index contributed by atoms with van der Waals surface area (Å²) in [7, 11) is 0. The van der Waals surface area contributed by atoms with E-state index < -0.39 is 0 Å². The maximum Gasteiger partial charge on any atom is 0.129 e. The number of aromatic nitrogens is 2. The SMILES string of the molecule is Clc1ccc(CSc2ncccc2Br)cn1. The van der Waals surface area contributed by atoms with Crippen LogP contribution in [0.2, 0.25) is 5.15 Å². The molecule has 0 aromatic carbocycles. The Balaban J connectivity index is 2.02.